The smallest absolute Gasteiger partial charge is 0.0585 e. The maximum Gasteiger partial charge on any atom is 0.0585 e. The molecule has 0 bridgehead atoms. The van der Waals surface area contributed by atoms with Crippen molar-refractivity contribution in [2.75, 3.05) is 40.3 Å². The van der Waals surface area contributed by atoms with Crippen molar-refractivity contribution in [3.8, 4) is 0 Å². The number of nitrogens with zero attached hydrogens (tertiary/aromatic N) is 2. The Labute approximate surface area is 115 Å². The molecule has 1 N–H and O–H groups in total. The largest absolute Gasteiger partial charge is 0.308 e. The van der Waals surface area contributed by atoms with E-state index in [1.807, 2.05) is 11.3 Å². The molecule has 0 saturated carbocycles. The van der Waals surface area contributed by atoms with E-state index in [0.29, 0.717) is 12.1 Å². The average Bonchev–Trinajstić information content (AvgIpc) is 2.76. The highest BCUT2D eigenvalue weighted by Crippen LogP contribution is 2.28. The summed E-state index contributed by atoms with van der Waals surface area (Å²) in [5.41, 5.74) is 0. The van der Waals surface area contributed by atoms with Gasteiger partial charge in [0.2, 0.25) is 0 Å². The summed E-state index contributed by atoms with van der Waals surface area (Å²) in [6.45, 7) is 8.89. The van der Waals surface area contributed by atoms with Gasteiger partial charge in [-0.25, -0.2) is 0 Å². The molecule has 1 aliphatic rings. The van der Waals surface area contributed by atoms with Gasteiger partial charge in [-0.15, -0.1) is 11.3 Å². The Kier molecular flexibility index (Phi) is 4.78. The molecule has 0 spiro atoms. The molecule has 102 valence electrons. The molecular formula is C14H25N3S. The van der Waals surface area contributed by atoms with Crippen LogP contribution in [0.1, 0.15) is 22.7 Å². The van der Waals surface area contributed by atoms with E-state index >= 15 is 0 Å². The van der Waals surface area contributed by atoms with Crippen LogP contribution in [0.25, 0.3) is 0 Å². The number of nitrogens with one attached hydrogen (secondary N) is 1. The van der Waals surface area contributed by atoms with Crippen LogP contribution in [0.15, 0.2) is 12.1 Å². The monoisotopic (exact) mass is 267 g/mol. The van der Waals surface area contributed by atoms with Crippen LogP contribution in [0.5, 0.6) is 0 Å². The highest BCUT2D eigenvalue weighted by Gasteiger charge is 2.30. The van der Waals surface area contributed by atoms with E-state index in [-0.39, 0.29) is 0 Å². The molecule has 3 nitrogen and oxygen atoms in total. The standard InChI is InChI=1S/C14H25N3S/c1-5-15-14(13-7-6-11(2)18-13)12-10-16(3)8-9-17(12)4/h6-7,12,14-15H,5,8-10H2,1-4H3. The van der Waals surface area contributed by atoms with Crippen molar-refractivity contribution < 1.29 is 0 Å². The average molecular weight is 267 g/mol. The van der Waals surface area contributed by atoms with E-state index in [0.717, 1.165) is 19.6 Å². The summed E-state index contributed by atoms with van der Waals surface area (Å²) in [4.78, 5) is 7.82. The molecule has 2 atom stereocenters. The number of aryl methyl sites for hydroxylation is 1. The molecule has 1 aromatic heterocycles. The lowest BCUT2D eigenvalue weighted by molar-refractivity contribution is 0.0889. The van der Waals surface area contributed by atoms with Gasteiger partial charge in [-0.2, -0.15) is 0 Å². The molecule has 0 aromatic carbocycles. The van der Waals surface area contributed by atoms with Crippen molar-refractivity contribution in [3.05, 3.63) is 21.9 Å². The second-order valence-corrected chi connectivity index (χ2v) is 6.61. The lowest BCUT2D eigenvalue weighted by Gasteiger charge is -2.42. The van der Waals surface area contributed by atoms with Crippen LogP contribution < -0.4 is 5.32 Å². The number of hydrogen-bond donors (Lipinski definition) is 1. The predicted molar refractivity (Wildman–Crippen MR) is 79.4 cm³/mol. The number of likely N-dealkylation sites (N-methyl/N-ethyl adjacent to an activating group) is 3. The molecule has 2 unspecified atom stereocenters. The summed E-state index contributed by atoms with van der Waals surface area (Å²) >= 11 is 1.93. The van der Waals surface area contributed by atoms with Gasteiger partial charge in [-0.05, 0) is 39.7 Å². The van der Waals surface area contributed by atoms with Crippen molar-refractivity contribution in [2.24, 2.45) is 0 Å². The number of hydrogen-bond acceptors (Lipinski definition) is 4. The Hall–Kier alpha value is -0.420. The summed E-state index contributed by atoms with van der Waals surface area (Å²) in [6.07, 6.45) is 0. The zero-order chi connectivity index (χ0) is 13.1. The summed E-state index contributed by atoms with van der Waals surface area (Å²) < 4.78 is 0. The summed E-state index contributed by atoms with van der Waals surface area (Å²) in [7, 11) is 4.48. The molecule has 2 rings (SSSR count). The van der Waals surface area contributed by atoms with Crippen LogP contribution in [0, 0.1) is 6.92 Å². The van der Waals surface area contributed by atoms with Gasteiger partial charge in [-0.1, -0.05) is 6.92 Å². The summed E-state index contributed by atoms with van der Waals surface area (Å²) in [5.74, 6) is 0. The van der Waals surface area contributed by atoms with Gasteiger partial charge >= 0.3 is 0 Å². The molecule has 0 aliphatic carbocycles. The fourth-order valence-electron chi connectivity index (χ4n) is 2.67. The zero-order valence-electron chi connectivity index (χ0n) is 11.9. The van der Waals surface area contributed by atoms with Gasteiger partial charge in [0.1, 0.15) is 0 Å². The van der Waals surface area contributed by atoms with Gasteiger partial charge in [0.25, 0.3) is 0 Å². The van der Waals surface area contributed by atoms with Crippen LogP contribution in [-0.4, -0.2) is 56.1 Å². The first-order chi connectivity index (χ1) is 8.61. The van der Waals surface area contributed by atoms with Gasteiger partial charge in [-0.3, -0.25) is 4.90 Å². The quantitative estimate of drug-likeness (QED) is 0.899. The third kappa shape index (κ3) is 3.12. The van der Waals surface area contributed by atoms with E-state index in [2.05, 4.69) is 55.2 Å². The molecule has 1 saturated heterocycles. The second-order valence-electron chi connectivity index (χ2n) is 5.29. The van der Waals surface area contributed by atoms with Crippen molar-refractivity contribution in [1.82, 2.24) is 15.1 Å². The Bertz CT molecular complexity index is 377. The van der Waals surface area contributed by atoms with Crippen LogP contribution >= 0.6 is 11.3 Å². The number of piperazine rings is 1. The zero-order valence-corrected chi connectivity index (χ0v) is 12.8. The lowest BCUT2D eigenvalue weighted by atomic mass is 10.0. The molecule has 2 heterocycles. The van der Waals surface area contributed by atoms with E-state index in [9.17, 15) is 0 Å². The fraction of sp³-hybridized carbons (Fsp3) is 0.714. The van der Waals surface area contributed by atoms with Crippen LogP contribution in [0.3, 0.4) is 0 Å². The minimum Gasteiger partial charge on any atom is -0.308 e. The third-order valence-electron chi connectivity index (χ3n) is 3.78. The molecule has 18 heavy (non-hydrogen) atoms. The fourth-order valence-corrected chi connectivity index (χ4v) is 3.68. The summed E-state index contributed by atoms with van der Waals surface area (Å²) in [5, 5.41) is 3.68. The molecule has 0 amide bonds. The molecular weight excluding hydrogens is 242 g/mol. The first-order valence-corrected chi connectivity index (χ1v) is 7.62. The van der Waals surface area contributed by atoms with Crippen molar-refractivity contribution >= 4 is 11.3 Å². The van der Waals surface area contributed by atoms with Gasteiger partial charge in [0.05, 0.1) is 6.04 Å². The summed E-state index contributed by atoms with van der Waals surface area (Å²) in [6, 6.07) is 5.55. The predicted octanol–water partition coefficient (Wildman–Crippen LogP) is 1.95. The van der Waals surface area contributed by atoms with Crippen LogP contribution in [0.4, 0.5) is 0 Å². The van der Waals surface area contributed by atoms with Crippen LogP contribution in [-0.2, 0) is 0 Å². The SMILES string of the molecule is CCNC(c1ccc(C)s1)C1CN(C)CCN1C. The first-order valence-electron chi connectivity index (χ1n) is 6.80. The maximum atomic E-state index is 3.68. The maximum absolute atomic E-state index is 3.68. The molecule has 1 fully saturated rings. The normalized spacial score (nSPS) is 24.3. The van der Waals surface area contributed by atoms with Gasteiger partial charge in [0.15, 0.2) is 0 Å². The highest BCUT2D eigenvalue weighted by atomic mass is 32.1. The topological polar surface area (TPSA) is 18.5 Å². The highest BCUT2D eigenvalue weighted by molar-refractivity contribution is 7.12. The minimum absolute atomic E-state index is 0.460. The van der Waals surface area contributed by atoms with Gasteiger partial charge < -0.3 is 10.2 Å². The van der Waals surface area contributed by atoms with Crippen molar-refractivity contribution in [1.29, 1.82) is 0 Å². The third-order valence-corrected chi connectivity index (χ3v) is 4.86. The minimum atomic E-state index is 0.460. The van der Waals surface area contributed by atoms with Crippen molar-refractivity contribution in [3.63, 3.8) is 0 Å². The molecule has 1 aromatic rings. The van der Waals surface area contributed by atoms with Crippen molar-refractivity contribution in [2.45, 2.75) is 25.9 Å². The van der Waals surface area contributed by atoms with Crippen LogP contribution in [0.2, 0.25) is 0 Å². The van der Waals surface area contributed by atoms with E-state index in [1.165, 1.54) is 16.3 Å². The lowest BCUT2D eigenvalue weighted by Crippen LogP contribution is -2.54. The molecule has 4 heteroatoms. The second kappa shape index (κ2) is 6.15. The van der Waals surface area contributed by atoms with E-state index in [4.69, 9.17) is 0 Å². The Morgan fingerprint density at radius 3 is 2.78 bits per heavy atom. The first kappa shape index (κ1) is 14.0. The number of thiophene rings is 1. The van der Waals surface area contributed by atoms with E-state index in [1.54, 1.807) is 0 Å². The molecule has 1 aliphatic heterocycles. The Morgan fingerprint density at radius 1 is 1.39 bits per heavy atom. The Balaban J connectivity index is 2.18. The Morgan fingerprint density at radius 2 is 2.17 bits per heavy atom. The van der Waals surface area contributed by atoms with Gasteiger partial charge in [0, 0.05) is 35.4 Å². The molecule has 0 radical (unpaired) electrons. The number of rotatable bonds is 4. The van der Waals surface area contributed by atoms with E-state index < -0.39 is 0 Å².